The van der Waals surface area contributed by atoms with Crippen molar-refractivity contribution in [1.82, 2.24) is 4.98 Å². The highest BCUT2D eigenvalue weighted by Crippen LogP contribution is 2.17. The van der Waals surface area contributed by atoms with Crippen LogP contribution in [-0.4, -0.2) is 17.9 Å². The van der Waals surface area contributed by atoms with Gasteiger partial charge in [-0.05, 0) is 32.0 Å². The first-order valence-electron chi connectivity index (χ1n) is 6.12. The zero-order valence-electron chi connectivity index (χ0n) is 11.3. The van der Waals surface area contributed by atoms with Gasteiger partial charge in [-0.3, -0.25) is 9.78 Å². The van der Waals surface area contributed by atoms with E-state index in [1.807, 2.05) is 44.2 Å². The number of anilines is 2. The summed E-state index contributed by atoms with van der Waals surface area (Å²) < 4.78 is 0. The molecule has 2 N–H and O–H groups in total. The zero-order valence-corrected chi connectivity index (χ0v) is 11.3. The molecule has 1 heterocycles. The molecule has 0 aliphatic rings. The van der Waals surface area contributed by atoms with Crippen LogP contribution in [0.1, 0.15) is 21.6 Å². The molecule has 98 valence electrons. The normalized spacial score (nSPS) is 10.1. The van der Waals surface area contributed by atoms with E-state index in [1.54, 1.807) is 13.2 Å². The van der Waals surface area contributed by atoms with Crippen LogP contribution in [0.5, 0.6) is 0 Å². The topological polar surface area (TPSA) is 54.0 Å². The molecular weight excluding hydrogens is 238 g/mol. The molecule has 0 saturated heterocycles. The Morgan fingerprint density at radius 2 is 1.84 bits per heavy atom. The number of aromatic nitrogens is 1. The fraction of sp³-hybridized carbons (Fsp3) is 0.200. The molecule has 2 rings (SSSR count). The van der Waals surface area contributed by atoms with Gasteiger partial charge in [0.25, 0.3) is 5.91 Å². The summed E-state index contributed by atoms with van der Waals surface area (Å²) >= 11 is 0. The average molecular weight is 255 g/mol. The Bertz CT molecular complexity index is 591. The lowest BCUT2D eigenvalue weighted by molar-refractivity contribution is 0.102. The number of carbonyl (C=O) groups is 1. The Labute approximate surface area is 112 Å². The van der Waals surface area contributed by atoms with E-state index in [2.05, 4.69) is 15.6 Å². The van der Waals surface area contributed by atoms with Gasteiger partial charge in [0.2, 0.25) is 0 Å². The number of aryl methyl sites for hydroxylation is 2. The van der Waals surface area contributed by atoms with Crippen molar-refractivity contribution in [3.8, 4) is 0 Å². The van der Waals surface area contributed by atoms with Crippen molar-refractivity contribution in [2.24, 2.45) is 0 Å². The van der Waals surface area contributed by atoms with E-state index in [0.29, 0.717) is 5.56 Å². The van der Waals surface area contributed by atoms with Crippen molar-refractivity contribution in [2.75, 3.05) is 17.7 Å². The third kappa shape index (κ3) is 3.10. The second-order valence-corrected chi connectivity index (χ2v) is 4.44. The maximum absolute atomic E-state index is 12.2. The number of hydrogen-bond donors (Lipinski definition) is 2. The van der Waals surface area contributed by atoms with E-state index < -0.39 is 0 Å². The van der Waals surface area contributed by atoms with Crippen molar-refractivity contribution < 1.29 is 4.79 Å². The highest BCUT2D eigenvalue weighted by atomic mass is 16.1. The van der Waals surface area contributed by atoms with Gasteiger partial charge in [0, 0.05) is 24.6 Å². The fourth-order valence-corrected chi connectivity index (χ4v) is 1.78. The van der Waals surface area contributed by atoms with Crippen molar-refractivity contribution in [2.45, 2.75) is 13.8 Å². The van der Waals surface area contributed by atoms with Crippen LogP contribution >= 0.6 is 0 Å². The number of nitrogens with zero attached hydrogens (tertiary/aromatic N) is 1. The highest BCUT2D eigenvalue weighted by Gasteiger charge is 2.11. The van der Waals surface area contributed by atoms with Gasteiger partial charge in [-0.2, -0.15) is 0 Å². The first kappa shape index (κ1) is 13.1. The first-order chi connectivity index (χ1) is 9.10. The molecule has 0 unspecified atom stereocenters. The van der Waals surface area contributed by atoms with Gasteiger partial charge >= 0.3 is 0 Å². The molecule has 0 spiro atoms. The molecule has 1 aromatic carbocycles. The molecular formula is C15H17N3O. The van der Waals surface area contributed by atoms with Crippen LogP contribution in [0.3, 0.4) is 0 Å². The van der Waals surface area contributed by atoms with E-state index in [4.69, 9.17) is 0 Å². The Morgan fingerprint density at radius 1 is 1.16 bits per heavy atom. The van der Waals surface area contributed by atoms with Gasteiger partial charge in [-0.1, -0.05) is 17.7 Å². The van der Waals surface area contributed by atoms with Crippen LogP contribution in [0.2, 0.25) is 0 Å². The third-order valence-corrected chi connectivity index (χ3v) is 2.86. The Morgan fingerprint density at radius 3 is 2.47 bits per heavy atom. The maximum Gasteiger partial charge on any atom is 0.259 e. The summed E-state index contributed by atoms with van der Waals surface area (Å²) in [5, 5.41) is 5.87. The Hall–Kier alpha value is -2.36. The number of rotatable bonds is 3. The number of pyridine rings is 1. The largest absolute Gasteiger partial charge is 0.387 e. The predicted octanol–water partition coefficient (Wildman–Crippen LogP) is 2.99. The van der Waals surface area contributed by atoms with Crippen LogP contribution < -0.4 is 10.6 Å². The van der Waals surface area contributed by atoms with Crippen molar-refractivity contribution in [3.05, 3.63) is 53.3 Å². The number of hydrogen-bond acceptors (Lipinski definition) is 3. The van der Waals surface area contributed by atoms with E-state index in [1.165, 1.54) is 0 Å². The molecule has 19 heavy (non-hydrogen) atoms. The Balaban J connectivity index is 2.22. The van der Waals surface area contributed by atoms with Crippen LogP contribution in [0.4, 0.5) is 11.4 Å². The summed E-state index contributed by atoms with van der Waals surface area (Å²) in [5.41, 5.74) is 4.12. The van der Waals surface area contributed by atoms with Crippen LogP contribution in [0.25, 0.3) is 0 Å². The highest BCUT2D eigenvalue weighted by molar-refractivity contribution is 6.07. The van der Waals surface area contributed by atoms with E-state index in [-0.39, 0.29) is 5.91 Å². The summed E-state index contributed by atoms with van der Waals surface area (Å²) in [6, 6.07) is 9.54. The van der Waals surface area contributed by atoms with Gasteiger partial charge < -0.3 is 10.6 Å². The number of carbonyl (C=O) groups excluding carboxylic acids is 1. The van der Waals surface area contributed by atoms with E-state index in [9.17, 15) is 4.79 Å². The van der Waals surface area contributed by atoms with Crippen molar-refractivity contribution >= 4 is 17.3 Å². The van der Waals surface area contributed by atoms with Crippen LogP contribution in [0.15, 0.2) is 36.5 Å². The number of nitrogens with one attached hydrogen (secondary N) is 2. The minimum absolute atomic E-state index is 0.166. The smallest absolute Gasteiger partial charge is 0.259 e. The molecule has 0 bridgehead atoms. The fourth-order valence-electron chi connectivity index (χ4n) is 1.78. The standard InChI is InChI=1S/C15H17N3O/c1-10-4-6-12(7-5-10)18-15(19)13-9-17-11(2)8-14(13)16-3/h4-9H,1-3H3,(H,16,17)(H,18,19). The third-order valence-electron chi connectivity index (χ3n) is 2.86. The molecule has 0 atom stereocenters. The van der Waals surface area contributed by atoms with Crippen LogP contribution in [0, 0.1) is 13.8 Å². The molecule has 2 aromatic rings. The summed E-state index contributed by atoms with van der Waals surface area (Å²) in [6.45, 7) is 3.90. The van der Waals surface area contributed by atoms with E-state index >= 15 is 0 Å². The molecule has 0 radical (unpaired) electrons. The van der Waals surface area contributed by atoms with Gasteiger partial charge in [0.05, 0.1) is 11.3 Å². The summed E-state index contributed by atoms with van der Waals surface area (Å²) in [5.74, 6) is -0.166. The number of amides is 1. The minimum atomic E-state index is -0.166. The second kappa shape index (κ2) is 5.52. The minimum Gasteiger partial charge on any atom is -0.387 e. The summed E-state index contributed by atoms with van der Waals surface area (Å²) in [6.07, 6.45) is 1.59. The lowest BCUT2D eigenvalue weighted by Gasteiger charge is -2.10. The van der Waals surface area contributed by atoms with Gasteiger partial charge in [0.15, 0.2) is 0 Å². The Kier molecular flexibility index (Phi) is 3.80. The molecule has 0 fully saturated rings. The van der Waals surface area contributed by atoms with Gasteiger partial charge in [-0.15, -0.1) is 0 Å². The quantitative estimate of drug-likeness (QED) is 0.886. The monoisotopic (exact) mass is 255 g/mol. The molecule has 4 heteroatoms. The molecule has 0 aliphatic carbocycles. The predicted molar refractivity (Wildman–Crippen MR) is 77.7 cm³/mol. The lowest BCUT2D eigenvalue weighted by atomic mass is 10.2. The van der Waals surface area contributed by atoms with Gasteiger partial charge in [-0.25, -0.2) is 0 Å². The average Bonchev–Trinajstić information content (AvgIpc) is 2.41. The van der Waals surface area contributed by atoms with E-state index in [0.717, 1.165) is 22.6 Å². The maximum atomic E-state index is 12.2. The summed E-state index contributed by atoms with van der Waals surface area (Å²) in [7, 11) is 1.79. The molecule has 1 aromatic heterocycles. The number of benzene rings is 1. The van der Waals surface area contributed by atoms with Gasteiger partial charge in [0.1, 0.15) is 0 Å². The SMILES string of the molecule is CNc1cc(C)ncc1C(=O)Nc1ccc(C)cc1. The zero-order chi connectivity index (χ0) is 13.8. The van der Waals surface area contributed by atoms with Crippen LogP contribution in [-0.2, 0) is 0 Å². The lowest BCUT2D eigenvalue weighted by Crippen LogP contribution is -2.14. The molecule has 1 amide bonds. The second-order valence-electron chi connectivity index (χ2n) is 4.44. The van der Waals surface area contributed by atoms with Crippen molar-refractivity contribution in [1.29, 1.82) is 0 Å². The molecule has 4 nitrogen and oxygen atoms in total. The molecule has 0 saturated carbocycles. The summed E-state index contributed by atoms with van der Waals surface area (Å²) in [4.78, 5) is 16.4. The van der Waals surface area contributed by atoms with Crippen molar-refractivity contribution in [3.63, 3.8) is 0 Å². The first-order valence-corrected chi connectivity index (χ1v) is 6.12. The molecule has 0 aliphatic heterocycles.